The number of carbonyl (C=O) groups is 1. The maximum atomic E-state index is 11.5. The van der Waals surface area contributed by atoms with Crippen LogP contribution in [-0.4, -0.2) is 14.3 Å². The fraction of sp³-hybridized carbons (Fsp3) is 0.667. The van der Waals surface area contributed by atoms with E-state index < -0.39 is 10.0 Å². The molecule has 3 aliphatic rings. The minimum absolute atomic E-state index is 0.0543. The van der Waals surface area contributed by atoms with Crippen LogP contribution in [0.15, 0.2) is 10.5 Å². The van der Waals surface area contributed by atoms with Crippen molar-refractivity contribution in [1.29, 1.82) is 0 Å². The fourth-order valence-electron chi connectivity index (χ4n) is 2.65. The van der Waals surface area contributed by atoms with Gasteiger partial charge in [-0.3, -0.25) is 4.79 Å². The van der Waals surface area contributed by atoms with Gasteiger partial charge in [0.05, 0.1) is 4.91 Å². The van der Waals surface area contributed by atoms with Crippen LogP contribution in [0.5, 0.6) is 0 Å². The molecule has 0 atom stereocenters. The number of hydrogen-bond donors (Lipinski definition) is 1. The first-order chi connectivity index (χ1) is 6.55. The molecule has 1 aliphatic heterocycles. The van der Waals surface area contributed by atoms with Gasteiger partial charge in [0.25, 0.3) is 15.9 Å². The normalized spacial score (nSPS) is 31.6. The highest BCUT2D eigenvalue weighted by Crippen LogP contribution is 2.60. The Morgan fingerprint density at radius 3 is 2.57 bits per heavy atom. The van der Waals surface area contributed by atoms with Crippen LogP contribution >= 0.6 is 0 Å². The molecular formula is C9H11NO3S. The Balaban J connectivity index is 2.23. The van der Waals surface area contributed by atoms with Crippen LogP contribution < -0.4 is 4.72 Å². The highest BCUT2D eigenvalue weighted by atomic mass is 32.2. The van der Waals surface area contributed by atoms with Gasteiger partial charge in [-0.2, -0.15) is 0 Å². The molecule has 0 unspecified atom stereocenters. The lowest BCUT2D eigenvalue weighted by Gasteiger charge is -2.20. The van der Waals surface area contributed by atoms with Crippen molar-refractivity contribution in [2.45, 2.75) is 32.1 Å². The van der Waals surface area contributed by atoms with E-state index in [0.29, 0.717) is 16.9 Å². The first kappa shape index (κ1) is 8.47. The lowest BCUT2D eigenvalue weighted by Crippen LogP contribution is -2.24. The summed E-state index contributed by atoms with van der Waals surface area (Å²) in [6, 6.07) is 0. The Kier molecular flexibility index (Phi) is 1.34. The summed E-state index contributed by atoms with van der Waals surface area (Å²) in [7, 11) is -3.45. The Morgan fingerprint density at radius 1 is 1.21 bits per heavy atom. The number of hydrogen-bond acceptors (Lipinski definition) is 3. The van der Waals surface area contributed by atoms with Gasteiger partial charge in [0.1, 0.15) is 0 Å². The van der Waals surface area contributed by atoms with E-state index in [-0.39, 0.29) is 11.3 Å². The van der Waals surface area contributed by atoms with Gasteiger partial charge in [-0.05, 0) is 32.1 Å². The third-order valence-electron chi connectivity index (χ3n) is 3.50. The molecule has 0 aromatic carbocycles. The number of carbonyl (C=O) groups excluding carboxylic acids is 1. The van der Waals surface area contributed by atoms with Gasteiger partial charge < -0.3 is 0 Å². The Labute approximate surface area is 82.4 Å². The monoisotopic (exact) mass is 213 g/mol. The number of rotatable bonds is 0. The highest BCUT2D eigenvalue weighted by molar-refractivity contribution is 7.94. The summed E-state index contributed by atoms with van der Waals surface area (Å²) in [4.78, 5) is 11.9. The molecule has 1 N–H and O–H groups in total. The van der Waals surface area contributed by atoms with Crippen molar-refractivity contribution in [1.82, 2.24) is 4.72 Å². The summed E-state index contributed by atoms with van der Waals surface area (Å²) < 4.78 is 25.2. The van der Waals surface area contributed by atoms with E-state index >= 15 is 0 Å². The Morgan fingerprint density at radius 2 is 1.93 bits per heavy atom. The molecular weight excluding hydrogens is 202 g/mol. The predicted octanol–water partition coefficient (Wildman–Crippen LogP) is 0.664. The zero-order chi connectivity index (χ0) is 9.97. The van der Waals surface area contributed by atoms with Gasteiger partial charge in [-0.25, -0.2) is 13.1 Å². The number of fused-ring (bicyclic) bond motifs is 1. The van der Waals surface area contributed by atoms with Crippen LogP contribution in [0.1, 0.15) is 32.1 Å². The molecule has 14 heavy (non-hydrogen) atoms. The molecule has 1 saturated carbocycles. The minimum atomic E-state index is -3.45. The number of sulfonamides is 1. The van der Waals surface area contributed by atoms with Crippen molar-refractivity contribution in [2.75, 3.05) is 0 Å². The average molecular weight is 213 g/mol. The minimum Gasteiger partial charge on any atom is -0.269 e. The van der Waals surface area contributed by atoms with Crippen LogP contribution in [0, 0.1) is 5.41 Å². The SMILES string of the molecule is O=C1NS(=O)(=O)C2=C1C1(CCC2)CC1. The van der Waals surface area contributed by atoms with E-state index in [9.17, 15) is 13.2 Å². The molecule has 1 amide bonds. The summed E-state index contributed by atoms with van der Waals surface area (Å²) >= 11 is 0. The fourth-order valence-corrected chi connectivity index (χ4v) is 4.12. The van der Waals surface area contributed by atoms with Crippen LogP contribution in [0.3, 0.4) is 0 Å². The van der Waals surface area contributed by atoms with Gasteiger partial charge in [0.15, 0.2) is 0 Å². The molecule has 3 rings (SSSR count). The zero-order valence-corrected chi connectivity index (χ0v) is 8.49. The molecule has 1 spiro atoms. The summed E-state index contributed by atoms with van der Waals surface area (Å²) in [5, 5.41) is 0. The van der Waals surface area contributed by atoms with Crippen LogP contribution in [0.25, 0.3) is 0 Å². The van der Waals surface area contributed by atoms with Crippen LogP contribution in [0.4, 0.5) is 0 Å². The predicted molar refractivity (Wildman–Crippen MR) is 49.6 cm³/mol. The Bertz CT molecular complexity index is 456. The van der Waals surface area contributed by atoms with Crippen molar-refractivity contribution in [3.8, 4) is 0 Å². The van der Waals surface area contributed by atoms with Crippen molar-refractivity contribution in [3.05, 3.63) is 10.5 Å². The molecule has 0 radical (unpaired) electrons. The third kappa shape index (κ3) is 0.881. The molecule has 0 saturated heterocycles. The lowest BCUT2D eigenvalue weighted by molar-refractivity contribution is -0.116. The van der Waals surface area contributed by atoms with E-state index in [2.05, 4.69) is 4.72 Å². The third-order valence-corrected chi connectivity index (χ3v) is 5.01. The van der Waals surface area contributed by atoms with E-state index in [1.165, 1.54) is 0 Å². The largest absolute Gasteiger partial charge is 0.269 e. The quantitative estimate of drug-likeness (QED) is 0.643. The lowest BCUT2D eigenvalue weighted by atomic mass is 9.84. The standard InChI is InChI=1S/C9H11NO3S/c11-8-7-6(14(12,13)10-8)2-1-3-9(7)4-5-9/h1-5H2,(H,10,11). The van der Waals surface area contributed by atoms with Gasteiger partial charge >= 0.3 is 0 Å². The van der Waals surface area contributed by atoms with Gasteiger partial charge in [0.2, 0.25) is 0 Å². The Hall–Kier alpha value is -0.840. The number of allylic oxidation sites excluding steroid dienone is 1. The molecule has 5 heteroatoms. The topological polar surface area (TPSA) is 63.2 Å². The summed E-state index contributed by atoms with van der Waals surface area (Å²) in [5.74, 6) is -0.364. The molecule has 1 heterocycles. The number of amides is 1. The van der Waals surface area contributed by atoms with Crippen LogP contribution in [0.2, 0.25) is 0 Å². The molecule has 0 bridgehead atoms. The summed E-state index contributed by atoms with van der Waals surface area (Å²) in [6.07, 6.45) is 4.38. The van der Waals surface area contributed by atoms with E-state index in [4.69, 9.17) is 0 Å². The smallest absolute Gasteiger partial charge is 0.262 e. The van der Waals surface area contributed by atoms with Crippen LogP contribution in [-0.2, 0) is 14.8 Å². The summed E-state index contributed by atoms with van der Waals surface area (Å²) in [6.45, 7) is 0. The maximum Gasteiger partial charge on any atom is 0.262 e. The zero-order valence-electron chi connectivity index (χ0n) is 7.67. The van der Waals surface area contributed by atoms with Crippen molar-refractivity contribution >= 4 is 15.9 Å². The molecule has 0 aromatic heterocycles. The molecule has 2 aliphatic carbocycles. The van der Waals surface area contributed by atoms with Gasteiger partial charge in [-0.15, -0.1) is 0 Å². The van der Waals surface area contributed by atoms with Crippen molar-refractivity contribution < 1.29 is 13.2 Å². The first-order valence-electron chi connectivity index (χ1n) is 4.86. The highest BCUT2D eigenvalue weighted by Gasteiger charge is 2.55. The number of nitrogens with one attached hydrogen (secondary N) is 1. The average Bonchev–Trinajstić information content (AvgIpc) is 2.78. The second-order valence-corrected chi connectivity index (χ2v) is 6.07. The van der Waals surface area contributed by atoms with Crippen molar-refractivity contribution in [3.63, 3.8) is 0 Å². The second kappa shape index (κ2) is 2.21. The van der Waals surface area contributed by atoms with E-state index in [0.717, 1.165) is 25.7 Å². The molecule has 0 aromatic rings. The second-order valence-electron chi connectivity index (χ2n) is 4.37. The molecule has 1 fully saturated rings. The first-order valence-corrected chi connectivity index (χ1v) is 6.34. The maximum absolute atomic E-state index is 11.5. The molecule has 76 valence electrons. The van der Waals surface area contributed by atoms with E-state index in [1.54, 1.807) is 0 Å². The summed E-state index contributed by atoms with van der Waals surface area (Å²) in [5.41, 5.74) is 0.532. The molecule has 4 nitrogen and oxygen atoms in total. The van der Waals surface area contributed by atoms with Gasteiger partial charge in [0, 0.05) is 11.0 Å². The van der Waals surface area contributed by atoms with Gasteiger partial charge in [-0.1, -0.05) is 0 Å². The van der Waals surface area contributed by atoms with Crippen molar-refractivity contribution in [2.24, 2.45) is 5.41 Å². The van der Waals surface area contributed by atoms with E-state index in [1.807, 2.05) is 0 Å².